The molecule has 3 rings (SSSR count). The van der Waals surface area contributed by atoms with Crippen LogP contribution in [0.15, 0.2) is 30.5 Å². The minimum absolute atomic E-state index is 0.491. The van der Waals surface area contributed by atoms with E-state index < -0.39 is 0 Å². The lowest BCUT2D eigenvalue weighted by atomic mass is 10.3. The first-order valence-corrected chi connectivity index (χ1v) is 7.30. The van der Waals surface area contributed by atoms with Crippen LogP contribution in [-0.4, -0.2) is 21.5 Å². The molecule has 0 spiro atoms. The first-order chi connectivity index (χ1) is 10.3. The van der Waals surface area contributed by atoms with E-state index in [1.54, 1.807) is 0 Å². The van der Waals surface area contributed by atoms with Crippen molar-refractivity contribution in [2.75, 3.05) is 16.9 Å². The van der Waals surface area contributed by atoms with E-state index in [4.69, 9.17) is 10.8 Å². The Morgan fingerprint density at radius 3 is 2.81 bits per heavy atom. The van der Waals surface area contributed by atoms with Gasteiger partial charge in [0.05, 0.1) is 12.2 Å². The van der Waals surface area contributed by atoms with E-state index in [-0.39, 0.29) is 0 Å². The fourth-order valence-electron chi connectivity index (χ4n) is 2.25. The third kappa shape index (κ3) is 3.28. The molecule has 2 aromatic heterocycles. The summed E-state index contributed by atoms with van der Waals surface area (Å²) in [5.41, 5.74) is 3.66. The minimum atomic E-state index is 0.491. The van der Waals surface area contributed by atoms with Gasteiger partial charge in [-0.15, -0.1) is 0 Å². The number of nitrogens with two attached hydrogens (primary N) is 1. The number of rotatable bonds is 6. The zero-order valence-electron chi connectivity index (χ0n) is 12.2. The first-order valence-electron chi connectivity index (χ1n) is 7.30. The van der Waals surface area contributed by atoms with Gasteiger partial charge in [-0.25, -0.2) is 15.8 Å². The molecule has 0 radical (unpaired) electrons. The highest BCUT2D eigenvalue weighted by Crippen LogP contribution is 2.39. The number of aromatic nitrogens is 3. The van der Waals surface area contributed by atoms with Crippen molar-refractivity contribution >= 4 is 11.6 Å². The largest absolute Gasteiger partial charge is 0.351 e. The molecule has 0 saturated heterocycles. The normalized spacial score (nSPS) is 14.0. The predicted octanol–water partition coefficient (Wildman–Crippen LogP) is 2.06. The summed E-state index contributed by atoms with van der Waals surface area (Å²) < 4.78 is 0. The van der Waals surface area contributed by atoms with Gasteiger partial charge in [-0.2, -0.15) is 0 Å². The molecule has 1 aliphatic carbocycles. The number of hydrazine groups is 1. The average Bonchev–Trinajstić information content (AvgIpc) is 3.38. The molecule has 2 aromatic rings. The fourth-order valence-corrected chi connectivity index (χ4v) is 2.25. The van der Waals surface area contributed by atoms with Gasteiger partial charge in [0.2, 0.25) is 0 Å². The third-order valence-electron chi connectivity index (χ3n) is 3.61. The Hall–Kier alpha value is -2.21. The molecular formula is C15H20N6. The summed E-state index contributed by atoms with van der Waals surface area (Å²) in [7, 11) is 0. The predicted molar refractivity (Wildman–Crippen MR) is 82.8 cm³/mol. The zero-order valence-corrected chi connectivity index (χ0v) is 12.2. The van der Waals surface area contributed by atoms with Gasteiger partial charge in [0.1, 0.15) is 17.5 Å². The molecule has 1 fully saturated rings. The summed E-state index contributed by atoms with van der Waals surface area (Å²) in [6.45, 7) is 3.68. The molecule has 1 saturated carbocycles. The topological polar surface area (TPSA) is 80.0 Å². The first kappa shape index (κ1) is 13.8. The number of pyridine rings is 1. The molecule has 1 aliphatic rings. The molecule has 0 amide bonds. The van der Waals surface area contributed by atoms with Crippen LogP contribution in [-0.2, 0) is 6.54 Å². The summed E-state index contributed by atoms with van der Waals surface area (Å²) in [6.07, 6.45) is 4.14. The number of nitrogens with zero attached hydrogens (tertiary/aromatic N) is 4. The lowest BCUT2D eigenvalue weighted by molar-refractivity contribution is 0.779. The SMILES string of the molecule is CCN(Cc1ccccn1)c1cc(NN)nc(C2CC2)n1. The molecule has 0 atom stereocenters. The van der Waals surface area contributed by atoms with Crippen LogP contribution in [0, 0.1) is 0 Å². The highest BCUT2D eigenvalue weighted by atomic mass is 15.3. The Balaban J connectivity index is 1.87. The van der Waals surface area contributed by atoms with Gasteiger partial charge < -0.3 is 10.3 Å². The Bertz CT molecular complexity index is 596. The van der Waals surface area contributed by atoms with E-state index in [1.165, 1.54) is 12.8 Å². The highest BCUT2D eigenvalue weighted by molar-refractivity contribution is 5.49. The molecule has 110 valence electrons. The Morgan fingerprint density at radius 2 is 2.19 bits per heavy atom. The average molecular weight is 284 g/mol. The summed E-state index contributed by atoms with van der Waals surface area (Å²) in [5.74, 6) is 8.48. The van der Waals surface area contributed by atoms with Crippen molar-refractivity contribution in [2.24, 2.45) is 5.84 Å². The lowest BCUT2D eigenvalue weighted by Crippen LogP contribution is -2.25. The molecule has 21 heavy (non-hydrogen) atoms. The van der Waals surface area contributed by atoms with Crippen LogP contribution < -0.4 is 16.2 Å². The molecule has 2 heterocycles. The van der Waals surface area contributed by atoms with Crippen molar-refractivity contribution in [3.05, 3.63) is 42.0 Å². The van der Waals surface area contributed by atoms with Gasteiger partial charge in [-0.3, -0.25) is 4.98 Å². The summed E-state index contributed by atoms with van der Waals surface area (Å²) >= 11 is 0. The van der Waals surface area contributed by atoms with E-state index in [0.29, 0.717) is 11.7 Å². The van der Waals surface area contributed by atoms with E-state index in [2.05, 4.69) is 27.2 Å². The maximum absolute atomic E-state index is 5.53. The molecule has 3 N–H and O–H groups in total. The molecule has 0 aliphatic heterocycles. The highest BCUT2D eigenvalue weighted by Gasteiger charge is 2.27. The van der Waals surface area contributed by atoms with E-state index >= 15 is 0 Å². The van der Waals surface area contributed by atoms with Crippen molar-refractivity contribution in [3.63, 3.8) is 0 Å². The molecule has 6 heteroatoms. The third-order valence-corrected chi connectivity index (χ3v) is 3.61. The molecular weight excluding hydrogens is 264 g/mol. The van der Waals surface area contributed by atoms with Crippen LogP contribution in [0.1, 0.15) is 37.2 Å². The van der Waals surface area contributed by atoms with E-state index in [0.717, 1.165) is 30.4 Å². The summed E-state index contributed by atoms with van der Waals surface area (Å²) in [4.78, 5) is 15.7. The van der Waals surface area contributed by atoms with Crippen LogP contribution in [0.25, 0.3) is 0 Å². The van der Waals surface area contributed by atoms with Crippen LogP contribution >= 0.6 is 0 Å². The van der Waals surface area contributed by atoms with Gasteiger partial charge in [0.15, 0.2) is 0 Å². The van der Waals surface area contributed by atoms with E-state index in [1.807, 2.05) is 30.5 Å². The van der Waals surface area contributed by atoms with Crippen LogP contribution in [0.4, 0.5) is 11.6 Å². The Labute approximate surface area is 124 Å². The second-order valence-electron chi connectivity index (χ2n) is 5.22. The van der Waals surface area contributed by atoms with Crippen LogP contribution in [0.5, 0.6) is 0 Å². The lowest BCUT2D eigenvalue weighted by Gasteiger charge is -2.22. The molecule has 6 nitrogen and oxygen atoms in total. The van der Waals surface area contributed by atoms with E-state index in [9.17, 15) is 0 Å². The summed E-state index contributed by atoms with van der Waals surface area (Å²) in [6, 6.07) is 7.83. The van der Waals surface area contributed by atoms with Crippen molar-refractivity contribution in [1.29, 1.82) is 0 Å². The van der Waals surface area contributed by atoms with Crippen molar-refractivity contribution in [3.8, 4) is 0 Å². The second-order valence-corrected chi connectivity index (χ2v) is 5.22. The smallest absolute Gasteiger partial charge is 0.145 e. The minimum Gasteiger partial charge on any atom is -0.351 e. The standard InChI is InChI=1S/C15H20N6/c1-2-21(10-12-5-3-4-8-17-12)14-9-13(20-16)18-15(19-14)11-6-7-11/h3-5,8-9,11H,2,6-7,10,16H2,1H3,(H,18,19,20). The van der Waals surface area contributed by atoms with Crippen molar-refractivity contribution in [1.82, 2.24) is 15.0 Å². The Morgan fingerprint density at radius 1 is 1.33 bits per heavy atom. The molecule has 0 bridgehead atoms. The van der Waals surface area contributed by atoms with Crippen LogP contribution in [0.2, 0.25) is 0 Å². The van der Waals surface area contributed by atoms with Gasteiger partial charge in [-0.1, -0.05) is 6.07 Å². The summed E-state index contributed by atoms with van der Waals surface area (Å²) in [5, 5.41) is 0. The van der Waals surface area contributed by atoms with Gasteiger partial charge in [0.25, 0.3) is 0 Å². The number of nitrogen functional groups attached to an aromatic ring is 1. The maximum atomic E-state index is 5.53. The van der Waals surface area contributed by atoms with Gasteiger partial charge >= 0.3 is 0 Å². The Kier molecular flexibility index (Phi) is 3.96. The second kappa shape index (κ2) is 6.05. The quantitative estimate of drug-likeness (QED) is 0.624. The monoisotopic (exact) mass is 284 g/mol. The number of hydrogen-bond acceptors (Lipinski definition) is 6. The van der Waals surface area contributed by atoms with Crippen LogP contribution in [0.3, 0.4) is 0 Å². The molecule has 0 unspecified atom stereocenters. The number of hydrogen-bond donors (Lipinski definition) is 2. The van der Waals surface area contributed by atoms with Gasteiger partial charge in [-0.05, 0) is 31.9 Å². The molecule has 0 aromatic carbocycles. The zero-order chi connectivity index (χ0) is 14.7. The number of nitrogens with one attached hydrogen (secondary N) is 1. The van der Waals surface area contributed by atoms with Crippen molar-refractivity contribution in [2.45, 2.75) is 32.2 Å². The van der Waals surface area contributed by atoms with Gasteiger partial charge in [0, 0.05) is 24.7 Å². The number of anilines is 2. The fraction of sp³-hybridized carbons (Fsp3) is 0.400. The maximum Gasteiger partial charge on any atom is 0.145 e. The van der Waals surface area contributed by atoms with Crippen molar-refractivity contribution < 1.29 is 0 Å².